The molecule has 148 valence electrons. The van der Waals surface area contributed by atoms with Crippen LogP contribution in [0.4, 0.5) is 4.39 Å². The van der Waals surface area contributed by atoms with Crippen LogP contribution in [-0.2, 0) is 21.5 Å². The number of amides is 1. The van der Waals surface area contributed by atoms with Crippen molar-refractivity contribution < 1.29 is 17.6 Å². The van der Waals surface area contributed by atoms with Gasteiger partial charge in [0.1, 0.15) is 5.82 Å². The molecule has 1 aliphatic heterocycles. The molecule has 9 heteroatoms. The van der Waals surface area contributed by atoms with E-state index in [4.69, 9.17) is 5.26 Å². The normalized spacial score (nSPS) is 16.3. The largest absolute Gasteiger partial charge is 0.352 e. The summed E-state index contributed by atoms with van der Waals surface area (Å²) < 4.78 is 41.0. The molecule has 0 aromatic heterocycles. The van der Waals surface area contributed by atoms with Gasteiger partial charge in [-0.3, -0.25) is 4.79 Å². The number of aryl methyl sites for hydroxylation is 1. The number of carbonyl (C=O) groups excluding carboxylic acids is 1. The smallest absolute Gasteiger partial charge is 0.281 e. The van der Waals surface area contributed by atoms with Crippen molar-refractivity contribution in [2.75, 3.05) is 26.7 Å². The lowest BCUT2D eigenvalue weighted by Gasteiger charge is -2.33. The van der Waals surface area contributed by atoms with Gasteiger partial charge in [-0.15, -0.1) is 0 Å². The summed E-state index contributed by atoms with van der Waals surface area (Å²) in [5, 5.41) is 11.4. The zero-order valence-corrected chi connectivity index (χ0v) is 16.4. The molecule has 1 N–H and O–H groups in total. The van der Waals surface area contributed by atoms with Crippen molar-refractivity contribution in [3.8, 4) is 6.07 Å². The first-order valence-corrected chi connectivity index (χ1v) is 10.3. The van der Waals surface area contributed by atoms with Gasteiger partial charge < -0.3 is 5.32 Å². The van der Waals surface area contributed by atoms with E-state index in [1.165, 1.54) is 21.7 Å². The molecule has 1 aliphatic rings. The molecule has 1 saturated heterocycles. The van der Waals surface area contributed by atoms with E-state index in [2.05, 4.69) is 5.32 Å². The summed E-state index contributed by atoms with van der Waals surface area (Å²) in [5.74, 6) is -0.720. The van der Waals surface area contributed by atoms with Crippen molar-refractivity contribution in [1.82, 2.24) is 13.9 Å². The van der Waals surface area contributed by atoms with Gasteiger partial charge in [-0.2, -0.15) is 22.3 Å². The number of nitrogens with one attached hydrogen (secondary N) is 1. The molecule has 27 heavy (non-hydrogen) atoms. The van der Waals surface area contributed by atoms with Gasteiger partial charge >= 0.3 is 0 Å². The van der Waals surface area contributed by atoms with Crippen molar-refractivity contribution in [3.63, 3.8) is 0 Å². The van der Waals surface area contributed by atoms with Crippen LogP contribution in [0.15, 0.2) is 18.2 Å². The second-order valence-corrected chi connectivity index (χ2v) is 8.75. The van der Waals surface area contributed by atoms with E-state index in [1.807, 2.05) is 6.07 Å². The molecule has 1 aromatic rings. The number of carbonyl (C=O) groups is 1. The van der Waals surface area contributed by atoms with E-state index in [-0.39, 0.29) is 50.2 Å². The molecule has 0 aliphatic carbocycles. The summed E-state index contributed by atoms with van der Waals surface area (Å²) in [6, 6.07) is 6.77. The number of hydrogen-bond acceptors (Lipinski definition) is 4. The van der Waals surface area contributed by atoms with Gasteiger partial charge in [0.25, 0.3) is 10.2 Å². The Kier molecular flexibility index (Phi) is 7.30. The summed E-state index contributed by atoms with van der Waals surface area (Å²) in [6.07, 6.45) is 0.993. The average Bonchev–Trinajstić information content (AvgIpc) is 2.66. The number of rotatable bonds is 7. The maximum absolute atomic E-state index is 13.6. The Hall–Kier alpha value is -2.02. The molecule has 2 rings (SSSR count). The quantitative estimate of drug-likeness (QED) is 0.757. The SMILES string of the molecule is Cc1ccc(CNC(=O)C2CCN(S(=O)(=O)N(C)CCC#N)CC2)cc1F. The van der Waals surface area contributed by atoms with Crippen LogP contribution in [0.1, 0.15) is 30.4 Å². The minimum Gasteiger partial charge on any atom is -0.352 e. The molecular formula is C18H25FN4O3S. The van der Waals surface area contributed by atoms with Crippen molar-refractivity contribution in [2.45, 2.75) is 32.7 Å². The van der Waals surface area contributed by atoms with E-state index in [9.17, 15) is 17.6 Å². The van der Waals surface area contributed by atoms with Gasteiger partial charge in [-0.05, 0) is 37.0 Å². The van der Waals surface area contributed by atoms with Gasteiger partial charge in [0, 0.05) is 45.6 Å². The van der Waals surface area contributed by atoms with Gasteiger partial charge in [0.05, 0.1) is 6.07 Å². The van der Waals surface area contributed by atoms with E-state index in [0.717, 1.165) is 0 Å². The molecule has 7 nitrogen and oxygen atoms in total. The Balaban J connectivity index is 1.84. The minimum absolute atomic E-state index is 0.133. The molecule has 1 heterocycles. The number of halogens is 1. The zero-order chi connectivity index (χ0) is 20.0. The van der Waals surface area contributed by atoms with Gasteiger partial charge in [-0.1, -0.05) is 12.1 Å². The van der Waals surface area contributed by atoms with Crippen molar-refractivity contribution in [2.24, 2.45) is 5.92 Å². The lowest BCUT2D eigenvalue weighted by Crippen LogP contribution is -2.47. The minimum atomic E-state index is -3.61. The van der Waals surface area contributed by atoms with Crippen LogP contribution in [0, 0.1) is 30.0 Å². The van der Waals surface area contributed by atoms with Crippen LogP contribution >= 0.6 is 0 Å². The van der Waals surface area contributed by atoms with Crippen LogP contribution in [0.5, 0.6) is 0 Å². The second kappa shape index (κ2) is 9.26. The highest BCUT2D eigenvalue weighted by Crippen LogP contribution is 2.21. The highest BCUT2D eigenvalue weighted by Gasteiger charge is 2.33. The predicted molar refractivity (Wildman–Crippen MR) is 99.1 cm³/mol. The van der Waals surface area contributed by atoms with Crippen LogP contribution in [0.25, 0.3) is 0 Å². The van der Waals surface area contributed by atoms with Gasteiger partial charge in [-0.25, -0.2) is 4.39 Å². The molecule has 0 spiro atoms. The van der Waals surface area contributed by atoms with Crippen LogP contribution < -0.4 is 5.32 Å². The molecular weight excluding hydrogens is 371 g/mol. The number of piperidine rings is 1. The predicted octanol–water partition coefficient (Wildman–Crippen LogP) is 1.55. The topological polar surface area (TPSA) is 93.5 Å². The number of hydrogen-bond donors (Lipinski definition) is 1. The van der Waals surface area contributed by atoms with Gasteiger partial charge in [0.15, 0.2) is 0 Å². The fraction of sp³-hybridized carbons (Fsp3) is 0.556. The number of nitriles is 1. The van der Waals surface area contributed by atoms with Gasteiger partial charge in [0.2, 0.25) is 5.91 Å². The molecule has 1 aromatic carbocycles. The van der Waals surface area contributed by atoms with Crippen LogP contribution in [-0.4, -0.2) is 49.6 Å². The summed E-state index contributed by atoms with van der Waals surface area (Å²) >= 11 is 0. The third-order valence-corrected chi connectivity index (χ3v) is 6.77. The highest BCUT2D eigenvalue weighted by molar-refractivity contribution is 7.86. The molecule has 0 saturated carbocycles. The molecule has 0 atom stereocenters. The van der Waals surface area contributed by atoms with E-state index < -0.39 is 10.2 Å². The molecule has 0 bridgehead atoms. The molecule has 0 unspecified atom stereocenters. The van der Waals surface area contributed by atoms with E-state index in [1.54, 1.807) is 19.1 Å². The standard InChI is InChI=1S/C18H25FN4O3S/c1-14-4-5-15(12-17(14)19)13-21-18(24)16-6-10-23(11-7-16)27(25,26)22(2)9-3-8-20/h4-5,12,16H,3,6-7,9-11,13H2,1-2H3,(H,21,24). The first kappa shape index (κ1) is 21.3. The van der Waals surface area contributed by atoms with Crippen LogP contribution in [0.2, 0.25) is 0 Å². The summed E-state index contributed by atoms with van der Waals surface area (Å²) in [6.45, 7) is 2.59. The Labute approximate surface area is 159 Å². The maximum Gasteiger partial charge on any atom is 0.281 e. The van der Waals surface area contributed by atoms with Crippen molar-refractivity contribution in [3.05, 3.63) is 35.1 Å². The first-order chi connectivity index (χ1) is 12.8. The Morgan fingerprint density at radius 2 is 2.07 bits per heavy atom. The summed E-state index contributed by atoms with van der Waals surface area (Å²) in [4.78, 5) is 12.3. The Morgan fingerprint density at radius 1 is 1.41 bits per heavy atom. The average molecular weight is 396 g/mol. The Bertz CT molecular complexity index is 814. The third kappa shape index (κ3) is 5.48. The number of benzene rings is 1. The fourth-order valence-electron chi connectivity index (χ4n) is 2.95. The van der Waals surface area contributed by atoms with Crippen molar-refractivity contribution in [1.29, 1.82) is 5.26 Å². The van der Waals surface area contributed by atoms with Crippen LogP contribution in [0.3, 0.4) is 0 Å². The maximum atomic E-state index is 13.6. The molecule has 1 amide bonds. The highest BCUT2D eigenvalue weighted by atomic mass is 32.2. The molecule has 1 fully saturated rings. The fourth-order valence-corrected chi connectivity index (χ4v) is 4.34. The summed E-state index contributed by atoms with van der Waals surface area (Å²) in [7, 11) is -2.15. The summed E-state index contributed by atoms with van der Waals surface area (Å²) in [5.41, 5.74) is 1.24. The van der Waals surface area contributed by atoms with E-state index in [0.29, 0.717) is 24.0 Å². The molecule has 0 radical (unpaired) electrons. The third-order valence-electron chi connectivity index (χ3n) is 4.79. The first-order valence-electron chi connectivity index (χ1n) is 8.86. The second-order valence-electron chi connectivity index (χ2n) is 6.71. The lowest BCUT2D eigenvalue weighted by molar-refractivity contribution is -0.126. The lowest BCUT2D eigenvalue weighted by atomic mass is 9.97. The van der Waals surface area contributed by atoms with Crippen molar-refractivity contribution >= 4 is 16.1 Å². The monoisotopic (exact) mass is 396 g/mol. The number of nitrogens with zero attached hydrogens (tertiary/aromatic N) is 3. The van der Waals surface area contributed by atoms with E-state index >= 15 is 0 Å². The Morgan fingerprint density at radius 3 is 2.67 bits per heavy atom. The zero-order valence-electron chi connectivity index (χ0n) is 15.6.